The van der Waals surface area contributed by atoms with E-state index in [9.17, 15) is 5.11 Å². The molecular formula is C23H33ClN2O2. The van der Waals surface area contributed by atoms with Gasteiger partial charge in [0.25, 0.3) is 0 Å². The predicted octanol–water partition coefficient (Wildman–Crippen LogP) is 5.08. The third-order valence-electron chi connectivity index (χ3n) is 5.65. The van der Waals surface area contributed by atoms with Crippen molar-refractivity contribution in [2.75, 3.05) is 18.0 Å². The number of benzene rings is 2. The Morgan fingerprint density at radius 3 is 2.29 bits per heavy atom. The van der Waals surface area contributed by atoms with Crippen LogP contribution in [0.25, 0.3) is 0 Å². The van der Waals surface area contributed by atoms with Crippen LogP contribution in [0.4, 0.5) is 5.69 Å². The lowest BCUT2D eigenvalue weighted by molar-refractivity contribution is -0.00941. The zero-order chi connectivity index (χ0) is 19.6. The van der Waals surface area contributed by atoms with Crippen LogP contribution in [-0.4, -0.2) is 41.4 Å². The van der Waals surface area contributed by atoms with Crippen molar-refractivity contribution in [2.24, 2.45) is 5.92 Å². The van der Waals surface area contributed by atoms with E-state index in [2.05, 4.69) is 68.7 Å². The Kier molecular flexibility index (Phi) is 7.62. The molecule has 1 fully saturated rings. The van der Waals surface area contributed by atoms with Gasteiger partial charge in [0, 0.05) is 30.9 Å². The predicted molar refractivity (Wildman–Crippen MR) is 119 cm³/mol. The number of hydrogen-bond donors (Lipinski definition) is 1. The van der Waals surface area contributed by atoms with E-state index in [-0.39, 0.29) is 24.4 Å². The van der Waals surface area contributed by atoms with E-state index in [1.165, 1.54) is 11.3 Å². The smallest absolute Gasteiger partial charge is 0.163 e. The van der Waals surface area contributed by atoms with Crippen LogP contribution in [0, 0.1) is 12.8 Å². The average molecular weight is 405 g/mol. The lowest BCUT2D eigenvalue weighted by atomic mass is 9.95. The number of phenolic OH excluding ortho intramolecular Hbond substituents is 1. The maximum atomic E-state index is 10.0. The summed E-state index contributed by atoms with van der Waals surface area (Å²) in [7, 11) is 0. The van der Waals surface area contributed by atoms with Gasteiger partial charge in [-0.15, -0.1) is 12.4 Å². The number of rotatable bonds is 5. The van der Waals surface area contributed by atoms with Crippen molar-refractivity contribution in [1.82, 2.24) is 4.90 Å². The lowest BCUT2D eigenvalue weighted by Gasteiger charge is -2.50. The van der Waals surface area contributed by atoms with Crippen molar-refractivity contribution in [1.29, 1.82) is 0 Å². The molecule has 0 amide bonds. The first-order valence-electron chi connectivity index (χ1n) is 9.91. The van der Waals surface area contributed by atoms with Crippen LogP contribution >= 0.6 is 12.4 Å². The third-order valence-corrected chi connectivity index (χ3v) is 5.65. The van der Waals surface area contributed by atoms with Gasteiger partial charge in [0.2, 0.25) is 0 Å². The Labute approximate surface area is 175 Å². The van der Waals surface area contributed by atoms with Gasteiger partial charge in [-0.3, -0.25) is 4.90 Å². The van der Waals surface area contributed by atoms with Gasteiger partial charge < -0.3 is 14.7 Å². The normalized spacial score (nSPS) is 21.3. The van der Waals surface area contributed by atoms with Crippen LogP contribution in [0.5, 0.6) is 11.5 Å². The summed E-state index contributed by atoms with van der Waals surface area (Å²) in [4.78, 5) is 4.97. The van der Waals surface area contributed by atoms with E-state index >= 15 is 0 Å². The summed E-state index contributed by atoms with van der Waals surface area (Å²) in [6.07, 6.45) is -0.103. The molecule has 0 saturated carbocycles. The Bertz CT molecular complexity index is 768. The van der Waals surface area contributed by atoms with Crippen molar-refractivity contribution in [3.8, 4) is 11.5 Å². The molecule has 1 aliphatic rings. The van der Waals surface area contributed by atoms with Crippen molar-refractivity contribution in [3.05, 3.63) is 54.1 Å². The summed E-state index contributed by atoms with van der Waals surface area (Å²) >= 11 is 0. The fourth-order valence-electron chi connectivity index (χ4n) is 4.07. The molecule has 1 N–H and O–H groups in total. The molecule has 2 aromatic carbocycles. The van der Waals surface area contributed by atoms with Crippen molar-refractivity contribution in [3.63, 3.8) is 0 Å². The highest BCUT2D eigenvalue weighted by atomic mass is 35.5. The van der Waals surface area contributed by atoms with E-state index in [0.29, 0.717) is 23.8 Å². The summed E-state index contributed by atoms with van der Waals surface area (Å²) in [5.74, 6) is 1.26. The molecule has 2 aromatic rings. The van der Waals surface area contributed by atoms with Crippen molar-refractivity contribution >= 4 is 18.1 Å². The van der Waals surface area contributed by atoms with E-state index in [4.69, 9.17) is 4.74 Å². The van der Waals surface area contributed by atoms with Crippen LogP contribution in [0.15, 0.2) is 48.5 Å². The fourth-order valence-corrected chi connectivity index (χ4v) is 4.07. The Balaban J connectivity index is 0.00000280. The van der Waals surface area contributed by atoms with E-state index in [1.807, 2.05) is 18.2 Å². The molecule has 0 bridgehead atoms. The van der Waals surface area contributed by atoms with Gasteiger partial charge in [-0.1, -0.05) is 44.2 Å². The largest absolute Gasteiger partial charge is 0.504 e. The second-order valence-electron chi connectivity index (χ2n) is 7.98. The van der Waals surface area contributed by atoms with Crippen LogP contribution in [0.1, 0.15) is 33.3 Å². The van der Waals surface area contributed by atoms with Gasteiger partial charge >= 0.3 is 0 Å². The SMILES string of the molecule is Cc1ccccc1N1CC(C)N(C(C)Oc2ccccc2O)CC1C(C)C.Cl. The zero-order valence-corrected chi connectivity index (χ0v) is 18.3. The van der Waals surface area contributed by atoms with Gasteiger partial charge in [0.15, 0.2) is 11.5 Å². The van der Waals surface area contributed by atoms with Crippen molar-refractivity contribution in [2.45, 2.75) is 52.9 Å². The van der Waals surface area contributed by atoms with Gasteiger partial charge in [-0.25, -0.2) is 0 Å². The van der Waals surface area contributed by atoms with Gasteiger partial charge in [-0.2, -0.15) is 0 Å². The van der Waals surface area contributed by atoms with Gasteiger partial charge in [0.1, 0.15) is 6.23 Å². The number of aromatic hydroxyl groups is 1. The number of nitrogens with zero attached hydrogens (tertiary/aromatic N) is 2. The number of hydrogen-bond acceptors (Lipinski definition) is 4. The number of phenols is 1. The second-order valence-corrected chi connectivity index (χ2v) is 7.98. The summed E-state index contributed by atoms with van der Waals surface area (Å²) < 4.78 is 6.11. The molecule has 3 unspecified atom stereocenters. The minimum Gasteiger partial charge on any atom is -0.504 e. The number of para-hydroxylation sites is 3. The molecular weight excluding hydrogens is 372 g/mol. The fraction of sp³-hybridized carbons (Fsp3) is 0.478. The van der Waals surface area contributed by atoms with E-state index < -0.39 is 0 Å². The van der Waals surface area contributed by atoms with Crippen LogP contribution < -0.4 is 9.64 Å². The minimum atomic E-state index is -0.103. The first-order valence-corrected chi connectivity index (χ1v) is 9.91. The maximum Gasteiger partial charge on any atom is 0.163 e. The van der Waals surface area contributed by atoms with Crippen LogP contribution in [0.3, 0.4) is 0 Å². The maximum absolute atomic E-state index is 10.0. The molecule has 28 heavy (non-hydrogen) atoms. The van der Waals surface area contributed by atoms with Crippen molar-refractivity contribution < 1.29 is 9.84 Å². The Hall–Kier alpha value is -1.91. The topological polar surface area (TPSA) is 35.9 Å². The van der Waals surface area contributed by atoms with E-state index in [1.54, 1.807) is 6.07 Å². The van der Waals surface area contributed by atoms with E-state index in [0.717, 1.165) is 13.1 Å². The molecule has 5 heteroatoms. The standard InChI is InChI=1S/C23H32N2O2.ClH/c1-16(2)21-15-24(19(5)27-23-13-9-8-12-22(23)26)18(4)14-25(21)20-11-7-6-10-17(20)3;/h6-13,16,18-19,21,26H,14-15H2,1-5H3;1H. The molecule has 154 valence electrons. The van der Waals surface area contributed by atoms with Crippen LogP contribution in [0.2, 0.25) is 0 Å². The summed E-state index contributed by atoms with van der Waals surface area (Å²) in [5.41, 5.74) is 2.65. The minimum absolute atomic E-state index is 0. The molecule has 3 rings (SSSR count). The highest BCUT2D eigenvalue weighted by molar-refractivity contribution is 5.85. The Morgan fingerprint density at radius 1 is 1.00 bits per heavy atom. The number of halogens is 1. The average Bonchev–Trinajstić information content (AvgIpc) is 2.63. The quantitative estimate of drug-likeness (QED) is 0.753. The van der Waals surface area contributed by atoms with Gasteiger partial charge in [-0.05, 0) is 50.5 Å². The monoisotopic (exact) mass is 404 g/mol. The molecule has 1 aliphatic heterocycles. The number of piperazine rings is 1. The molecule has 0 radical (unpaired) electrons. The van der Waals surface area contributed by atoms with Gasteiger partial charge in [0.05, 0.1) is 0 Å². The first-order chi connectivity index (χ1) is 12.9. The second kappa shape index (κ2) is 9.53. The number of anilines is 1. The Morgan fingerprint density at radius 2 is 1.64 bits per heavy atom. The number of aryl methyl sites for hydroxylation is 1. The molecule has 0 spiro atoms. The zero-order valence-electron chi connectivity index (χ0n) is 17.5. The van der Waals surface area contributed by atoms with Crippen LogP contribution in [-0.2, 0) is 0 Å². The lowest BCUT2D eigenvalue weighted by Crippen LogP contribution is -2.62. The molecule has 0 aliphatic carbocycles. The summed E-state index contributed by atoms with van der Waals surface area (Å²) in [6.45, 7) is 13.0. The summed E-state index contributed by atoms with van der Waals surface area (Å²) in [6, 6.07) is 16.6. The first kappa shape index (κ1) is 22.4. The highest BCUT2D eigenvalue weighted by Crippen LogP contribution is 2.32. The molecule has 1 heterocycles. The highest BCUT2D eigenvalue weighted by Gasteiger charge is 2.36. The molecule has 3 atom stereocenters. The molecule has 1 saturated heterocycles. The molecule has 0 aromatic heterocycles. The summed E-state index contributed by atoms with van der Waals surface area (Å²) in [5, 5.41) is 10.0. The molecule has 4 nitrogen and oxygen atoms in total. The number of ether oxygens (including phenoxy) is 1. The third kappa shape index (κ3) is 4.73.